The fourth-order valence-corrected chi connectivity index (χ4v) is 2.10. The number of carboxylic acid groups (broad SMARTS) is 1. The SMILES string of the molecule is C=CCSCCNC(=O)NCC(CC(C)C)C(=O)O. The molecular formula is C13H24N2O3S. The Morgan fingerprint density at radius 2 is 2.05 bits per heavy atom. The van der Waals surface area contributed by atoms with Crippen LogP contribution in [0.1, 0.15) is 20.3 Å². The maximum Gasteiger partial charge on any atom is 0.314 e. The summed E-state index contributed by atoms with van der Waals surface area (Å²) in [5.74, 6) is 0.574. The second-order valence-corrected chi connectivity index (χ2v) is 5.81. The third kappa shape index (κ3) is 10.4. The highest BCUT2D eigenvalue weighted by Crippen LogP contribution is 2.10. The molecule has 110 valence electrons. The Kier molecular flexibility index (Phi) is 10.1. The Bertz CT molecular complexity index is 296. The van der Waals surface area contributed by atoms with Gasteiger partial charge in [-0.25, -0.2) is 4.79 Å². The molecule has 1 unspecified atom stereocenters. The van der Waals surface area contributed by atoms with Crippen molar-refractivity contribution in [2.24, 2.45) is 11.8 Å². The first-order valence-corrected chi connectivity index (χ1v) is 7.56. The van der Waals surface area contributed by atoms with Crippen LogP contribution in [0.2, 0.25) is 0 Å². The molecule has 5 nitrogen and oxygen atoms in total. The molecule has 0 saturated carbocycles. The normalized spacial score (nSPS) is 11.9. The molecule has 0 spiro atoms. The van der Waals surface area contributed by atoms with Crippen molar-refractivity contribution in [3.05, 3.63) is 12.7 Å². The second-order valence-electron chi connectivity index (χ2n) is 4.67. The molecule has 0 aliphatic carbocycles. The molecule has 0 aliphatic rings. The first-order chi connectivity index (χ1) is 8.97. The lowest BCUT2D eigenvalue weighted by atomic mass is 9.97. The van der Waals surface area contributed by atoms with E-state index < -0.39 is 11.9 Å². The van der Waals surface area contributed by atoms with Crippen molar-refractivity contribution in [1.82, 2.24) is 10.6 Å². The minimum absolute atomic E-state index is 0.166. The molecule has 0 saturated heterocycles. The van der Waals surface area contributed by atoms with Crippen LogP contribution in [0.15, 0.2) is 12.7 Å². The van der Waals surface area contributed by atoms with Crippen LogP contribution in [-0.4, -0.2) is 41.7 Å². The van der Waals surface area contributed by atoms with Gasteiger partial charge in [0.05, 0.1) is 5.92 Å². The van der Waals surface area contributed by atoms with Gasteiger partial charge in [0.15, 0.2) is 0 Å². The monoisotopic (exact) mass is 288 g/mol. The van der Waals surface area contributed by atoms with Gasteiger partial charge < -0.3 is 15.7 Å². The summed E-state index contributed by atoms with van der Waals surface area (Å²) in [6.07, 6.45) is 2.37. The van der Waals surface area contributed by atoms with E-state index in [2.05, 4.69) is 17.2 Å². The van der Waals surface area contributed by atoms with Crippen molar-refractivity contribution in [3.8, 4) is 0 Å². The topological polar surface area (TPSA) is 78.4 Å². The number of thioether (sulfide) groups is 1. The average molecular weight is 288 g/mol. The van der Waals surface area contributed by atoms with Gasteiger partial charge in [-0.15, -0.1) is 6.58 Å². The van der Waals surface area contributed by atoms with Crippen molar-refractivity contribution >= 4 is 23.8 Å². The number of urea groups is 1. The lowest BCUT2D eigenvalue weighted by Gasteiger charge is -2.15. The molecule has 0 aromatic rings. The molecule has 0 bridgehead atoms. The Morgan fingerprint density at radius 1 is 1.37 bits per heavy atom. The molecule has 0 rings (SSSR count). The zero-order valence-electron chi connectivity index (χ0n) is 11.6. The maximum atomic E-state index is 11.4. The Labute approximate surface area is 119 Å². The summed E-state index contributed by atoms with van der Waals surface area (Å²) in [6.45, 7) is 8.26. The summed E-state index contributed by atoms with van der Waals surface area (Å²) in [5.41, 5.74) is 0. The van der Waals surface area contributed by atoms with Gasteiger partial charge in [-0.3, -0.25) is 4.79 Å². The summed E-state index contributed by atoms with van der Waals surface area (Å²) in [7, 11) is 0. The van der Waals surface area contributed by atoms with Crippen LogP contribution in [0, 0.1) is 11.8 Å². The highest BCUT2D eigenvalue weighted by molar-refractivity contribution is 7.99. The number of aliphatic carboxylic acids is 1. The number of amides is 2. The van der Waals surface area contributed by atoms with E-state index in [1.807, 2.05) is 19.9 Å². The smallest absolute Gasteiger partial charge is 0.314 e. The lowest BCUT2D eigenvalue weighted by Crippen LogP contribution is -2.41. The van der Waals surface area contributed by atoms with E-state index in [-0.39, 0.29) is 12.6 Å². The predicted octanol–water partition coefficient (Wildman–Crippen LogP) is 1.95. The molecule has 0 aromatic heterocycles. The fourth-order valence-electron chi connectivity index (χ4n) is 1.52. The van der Waals surface area contributed by atoms with E-state index in [0.29, 0.717) is 18.9 Å². The summed E-state index contributed by atoms with van der Waals surface area (Å²) < 4.78 is 0. The number of rotatable bonds is 10. The van der Waals surface area contributed by atoms with E-state index in [1.165, 1.54) is 0 Å². The van der Waals surface area contributed by atoms with E-state index >= 15 is 0 Å². The quantitative estimate of drug-likeness (QED) is 0.424. The molecule has 0 radical (unpaired) electrons. The maximum absolute atomic E-state index is 11.4. The second kappa shape index (κ2) is 10.7. The van der Waals surface area contributed by atoms with Gasteiger partial charge in [0.1, 0.15) is 0 Å². The van der Waals surface area contributed by atoms with E-state index in [0.717, 1.165) is 11.5 Å². The zero-order valence-corrected chi connectivity index (χ0v) is 12.5. The van der Waals surface area contributed by atoms with Crippen molar-refractivity contribution < 1.29 is 14.7 Å². The minimum atomic E-state index is -0.865. The number of carbonyl (C=O) groups is 2. The molecular weight excluding hydrogens is 264 g/mol. The van der Waals surface area contributed by atoms with Crippen LogP contribution < -0.4 is 10.6 Å². The Morgan fingerprint density at radius 3 is 2.58 bits per heavy atom. The van der Waals surface area contributed by atoms with Crippen molar-refractivity contribution in [2.75, 3.05) is 24.6 Å². The van der Waals surface area contributed by atoms with Gasteiger partial charge in [-0.1, -0.05) is 19.9 Å². The number of carboxylic acids is 1. The van der Waals surface area contributed by atoms with Crippen LogP contribution in [-0.2, 0) is 4.79 Å². The first kappa shape index (κ1) is 17.8. The molecule has 2 amide bonds. The summed E-state index contributed by atoms with van der Waals surface area (Å²) in [6, 6.07) is -0.311. The van der Waals surface area contributed by atoms with E-state index in [9.17, 15) is 9.59 Å². The number of hydrogen-bond donors (Lipinski definition) is 3. The largest absolute Gasteiger partial charge is 0.481 e. The molecule has 6 heteroatoms. The highest BCUT2D eigenvalue weighted by atomic mass is 32.2. The van der Waals surface area contributed by atoms with E-state index in [4.69, 9.17) is 5.11 Å². The van der Waals surface area contributed by atoms with Crippen LogP contribution in [0.4, 0.5) is 4.79 Å². The minimum Gasteiger partial charge on any atom is -0.481 e. The van der Waals surface area contributed by atoms with Crippen LogP contribution in [0.5, 0.6) is 0 Å². The van der Waals surface area contributed by atoms with Gasteiger partial charge in [0, 0.05) is 24.6 Å². The molecule has 3 N–H and O–H groups in total. The molecule has 0 heterocycles. The van der Waals surface area contributed by atoms with Gasteiger partial charge in [-0.2, -0.15) is 11.8 Å². The molecule has 0 aliphatic heterocycles. The van der Waals surface area contributed by atoms with Gasteiger partial charge in [0.2, 0.25) is 0 Å². The Hall–Kier alpha value is -1.17. The molecule has 0 aromatic carbocycles. The van der Waals surface area contributed by atoms with Crippen LogP contribution >= 0.6 is 11.8 Å². The van der Waals surface area contributed by atoms with Crippen LogP contribution in [0.3, 0.4) is 0 Å². The van der Waals surface area contributed by atoms with E-state index in [1.54, 1.807) is 11.8 Å². The number of hydrogen-bond acceptors (Lipinski definition) is 3. The summed E-state index contributed by atoms with van der Waals surface area (Å²) in [5, 5.41) is 14.3. The third-order valence-electron chi connectivity index (χ3n) is 2.38. The standard InChI is InChI=1S/C13H24N2O3S/c1-4-6-19-7-5-14-13(18)15-9-11(12(16)17)8-10(2)3/h4,10-11H,1,5-9H2,2-3H3,(H,16,17)(H2,14,15,18). The van der Waals surface area contributed by atoms with Gasteiger partial charge in [-0.05, 0) is 12.3 Å². The van der Waals surface area contributed by atoms with Crippen LogP contribution in [0.25, 0.3) is 0 Å². The van der Waals surface area contributed by atoms with Crippen molar-refractivity contribution in [1.29, 1.82) is 0 Å². The fraction of sp³-hybridized carbons (Fsp3) is 0.692. The van der Waals surface area contributed by atoms with Crippen molar-refractivity contribution in [3.63, 3.8) is 0 Å². The summed E-state index contributed by atoms with van der Waals surface area (Å²) in [4.78, 5) is 22.4. The first-order valence-electron chi connectivity index (χ1n) is 6.40. The lowest BCUT2D eigenvalue weighted by molar-refractivity contribution is -0.142. The third-order valence-corrected chi connectivity index (χ3v) is 3.35. The molecule has 19 heavy (non-hydrogen) atoms. The number of nitrogens with one attached hydrogen (secondary N) is 2. The Balaban J connectivity index is 3.79. The van der Waals surface area contributed by atoms with Crippen molar-refractivity contribution in [2.45, 2.75) is 20.3 Å². The zero-order chi connectivity index (χ0) is 14.7. The predicted molar refractivity (Wildman–Crippen MR) is 79.5 cm³/mol. The molecule has 1 atom stereocenters. The van der Waals surface area contributed by atoms with Gasteiger partial charge in [0.25, 0.3) is 0 Å². The highest BCUT2D eigenvalue weighted by Gasteiger charge is 2.19. The van der Waals surface area contributed by atoms with Gasteiger partial charge >= 0.3 is 12.0 Å². The number of carbonyl (C=O) groups excluding carboxylic acids is 1. The average Bonchev–Trinajstić information content (AvgIpc) is 2.33. The molecule has 0 fully saturated rings. The summed E-state index contributed by atoms with van der Waals surface area (Å²) >= 11 is 1.68.